The molecule has 14 heavy (non-hydrogen) atoms. The molecule has 0 aromatic heterocycles. The van der Waals surface area contributed by atoms with Crippen LogP contribution >= 0.6 is 11.6 Å². The Morgan fingerprint density at radius 2 is 2.07 bits per heavy atom. The minimum Gasteiger partial charge on any atom is -0.126 e. The van der Waals surface area contributed by atoms with Gasteiger partial charge >= 0.3 is 0 Å². The molecule has 0 heterocycles. The van der Waals surface area contributed by atoms with Crippen molar-refractivity contribution in [2.24, 2.45) is 5.41 Å². The van der Waals surface area contributed by atoms with E-state index in [-0.39, 0.29) is 5.41 Å². The zero-order chi connectivity index (χ0) is 10.6. The summed E-state index contributed by atoms with van der Waals surface area (Å²) in [6, 6.07) is 8.69. The van der Waals surface area contributed by atoms with E-state index in [9.17, 15) is 0 Å². The quantitative estimate of drug-likeness (QED) is 0.654. The summed E-state index contributed by atoms with van der Waals surface area (Å²) in [5.41, 5.74) is 2.97. The molecule has 0 saturated carbocycles. The van der Waals surface area contributed by atoms with Gasteiger partial charge in [-0.2, -0.15) is 0 Å². The molecular formula is C13H19Cl. The first-order valence-corrected chi connectivity index (χ1v) is 5.74. The summed E-state index contributed by atoms with van der Waals surface area (Å²) in [5.74, 6) is 0.734. The summed E-state index contributed by atoms with van der Waals surface area (Å²) >= 11 is 6.00. The third-order valence-electron chi connectivity index (χ3n) is 2.89. The Bertz CT molecular complexity index is 287. The molecule has 0 aliphatic carbocycles. The molecule has 78 valence electrons. The molecule has 0 aliphatic heterocycles. The minimum absolute atomic E-state index is 0.245. The van der Waals surface area contributed by atoms with Gasteiger partial charge in [0.2, 0.25) is 0 Å². The molecule has 1 atom stereocenters. The van der Waals surface area contributed by atoms with Crippen molar-refractivity contribution in [1.82, 2.24) is 0 Å². The highest BCUT2D eigenvalue weighted by atomic mass is 35.5. The van der Waals surface area contributed by atoms with Crippen molar-refractivity contribution in [3.8, 4) is 0 Å². The van der Waals surface area contributed by atoms with E-state index < -0.39 is 0 Å². The van der Waals surface area contributed by atoms with Crippen molar-refractivity contribution in [2.45, 2.75) is 33.6 Å². The molecule has 1 aromatic carbocycles. The van der Waals surface area contributed by atoms with E-state index in [4.69, 9.17) is 11.6 Å². The predicted molar refractivity (Wildman–Crippen MR) is 64.0 cm³/mol. The summed E-state index contributed by atoms with van der Waals surface area (Å²) in [5, 5.41) is 0. The average molecular weight is 211 g/mol. The van der Waals surface area contributed by atoms with Gasteiger partial charge in [-0.1, -0.05) is 43.7 Å². The van der Waals surface area contributed by atoms with Crippen molar-refractivity contribution >= 4 is 11.6 Å². The van der Waals surface area contributed by atoms with Crippen LogP contribution in [0.1, 0.15) is 31.4 Å². The first-order chi connectivity index (χ1) is 6.59. The number of aryl methyl sites for hydroxylation is 1. The highest BCUT2D eigenvalue weighted by Crippen LogP contribution is 2.28. The van der Waals surface area contributed by atoms with E-state index in [0.717, 1.165) is 18.7 Å². The van der Waals surface area contributed by atoms with E-state index in [1.807, 2.05) is 0 Å². The fraction of sp³-hybridized carbons (Fsp3) is 0.538. The molecule has 0 aliphatic rings. The summed E-state index contributed by atoms with van der Waals surface area (Å²) in [6.45, 7) is 6.59. The lowest BCUT2D eigenvalue weighted by Crippen LogP contribution is -2.20. The zero-order valence-electron chi connectivity index (χ0n) is 9.31. The Balaban J connectivity index is 2.77. The minimum atomic E-state index is 0.245. The Hall–Kier alpha value is -0.490. The van der Waals surface area contributed by atoms with Crippen LogP contribution in [0.2, 0.25) is 0 Å². The maximum absolute atomic E-state index is 6.00. The van der Waals surface area contributed by atoms with Gasteiger partial charge in [0, 0.05) is 5.88 Å². The van der Waals surface area contributed by atoms with E-state index in [0.29, 0.717) is 0 Å². The standard InChI is InChI=1S/C13H19Cl/c1-4-13(3,10-14)9-12-7-5-6-11(2)8-12/h5-8H,4,9-10H2,1-3H3. The van der Waals surface area contributed by atoms with Crippen LogP contribution in [0.4, 0.5) is 0 Å². The molecule has 1 unspecified atom stereocenters. The van der Waals surface area contributed by atoms with Gasteiger partial charge in [0.15, 0.2) is 0 Å². The maximum atomic E-state index is 6.00. The number of halogens is 1. The Kier molecular flexibility index (Phi) is 4.00. The van der Waals surface area contributed by atoms with Crippen LogP contribution in [0.15, 0.2) is 24.3 Å². The largest absolute Gasteiger partial charge is 0.126 e. The maximum Gasteiger partial charge on any atom is 0.0280 e. The van der Waals surface area contributed by atoms with Crippen molar-refractivity contribution in [2.75, 3.05) is 5.88 Å². The van der Waals surface area contributed by atoms with Crippen LogP contribution in [0.5, 0.6) is 0 Å². The average Bonchev–Trinajstić information content (AvgIpc) is 2.18. The lowest BCUT2D eigenvalue weighted by molar-refractivity contribution is 0.355. The molecule has 0 N–H and O–H groups in total. The van der Waals surface area contributed by atoms with E-state index in [1.165, 1.54) is 11.1 Å². The van der Waals surface area contributed by atoms with Gasteiger partial charge in [-0.15, -0.1) is 11.6 Å². The normalized spacial score (nSPS) is 15.1. The molecule has 0 nitrogen and oxygen atoms in total. The number of hydrogen-bond donors (Lipinski definition) is 0. The number of rotatable bonds is 4. The molecule has 0 spiro atoms. The molecule has 0 fully saturated rings. The molecule has 1 rings (SSSR count). The van der Waals surface area contributed by atoms with Crippen LogP contribution in [0.3, 0.4) is 0 Å². The van der Waals surface area contributed by atoms with Crippen molar-refractivity contribution < 1.29 is 0 Å². The van der Waals surface area contributed by atoms with Gasteiger partial charge in [-0.3, -0.25) is 0 Å². The number of benzene rings is 1. The van der Waals surface area contributed by atoms with E-state index >= 15 is 0 Å². The summed E-state index contributed by atoms with van der Waals surface area (Å²) < 4.78 is 0. The van der Waals surface area contributed by atoms with Crippen LogP contribution in [0.25, 0.3) is 0 Å². The second-order valence-corrected chi connectivity index (χ2v) is 4.73. The molecule has 0 amide bonds. The summed E-state index contributed by atoms with van der Waals surface area (Å²) in [4.78, 5) is 0. The molecular weight excluding hydrogens is 192 g/mol. The molecule has 0 bridgehead atoms. The third-order valence-corrected chi connectivity index (χ3v) is 3.53. The predicted octanol–water partition coefficient (Wildman–Crippen LogP) is 4.19. The Labute approximate surface area is 92.3 Å². The van der Waals surface area contributed by atoms with Crippen LogP contribution in [-0.4, -0.2) is 5.88 Å². The van der Waals surface area contributed by atoms with Gasteiger partial charge in [0.25, 0.3) is 0 Å². The second kappa shape index (κ2) is 4.84. The summed E-state index contributed by atoms with van der Waals surface area (Å²) in [6.07, 6.45) is 2.21. The first-order valence-electron chi connectivity index (χ1n) is 5.21. The molecule has 0 radical (unpaired) electrons. The monoisotopic (exact) mass is 210 g/mol. The van der Waals surface area contributed by atoms with Gasteiger partial charge < -0.3 is 0 Å². The van der Waals surface area contributed by atoms with Crippen molar-refractivity contribution in [1.29, 1.82) is 0 Å². The molecule has 1 heteroatoms. The summed E-state index contributed by atoms with van der Waals surface area (Å²) in [7, 11) is 0. The second-order valence-electron chi connectivity index (χ2n) is 4.46. The first kappa shape index (κ1) is 11.6. The number of hydrogen-bond acceptors (Lipinski definition) is 0. The Morgan fingerprint density at radius 3 is 2.57 bits per heavy atom. The Morgan fingerprint density at radius 1 is 1.36 bits per heavy atom. The smallest absolute Gasteiger partial charge is 0.0280 e. The molecule has 1 aromatic rings. The highest BCUT2D eigenvalue weighted by molar-refractivity contribution is 6.18. The van der Waals surface area contributed by atoms with Crippen molar-refractivity contribution in [3.05, 3.63) is 35.4 Å². The lowest BCUT2D eigenvalue weighted by atomic mass is 9.83. The lowest BCUT2D eigenvalue weighted by Gasteiger charge is -2.25. The zero-order valence-corrected chi connectivity index (χ0v) is 10.1. The fourth-order valence-electron chi connectivity index (χ4n) is 1.58. The van der Waals surface area contributed by atoms with Crippen molar-refractivity contribution in [3.63, 3.8) is 0 Å². The third kappa shape index (κ3) is 3.02. The highest BCUT2D eigenvalue weighted by Gasteiger charge is 2.21. The van der Waals surface area contributed by atoms with Crippen LogP contribution in [-0.2, 0) is 6.42 Å². The van der Waals surface area contributed by atoms with E-state index in [2.05, 4.69) is 45.0 Å². The fourth-order valence-corrected chi connectivity index (χ4v) is 1.87. The van der Waals surface area contributed by atoms with Gasteiger partial charge in [-0.25, -0.2) is 0 Å². The van der Waals surface area contributed by atoms with Gasteiger partial charge in [0.05, 0.1) is 0 Å². The SMILES string of the molecule is CCC(C)(CCl)Cc1cccc(C)c1. The van der Waals surface area contributed by atoms with E-state index in [1.54, 1.807) is 0 Å². The van der Waals surface area contributed by atoms with Crippen LogP contribution < -0.4 is 0 Å². The van der Waals surface area contributed by atoms with Gasteiger partial charge in [0.1, 0.15) is 0 Å². The molecule has 0 saturated heterocycles. The topological polar surface area (TPSA) is 0 Å². The van der Waals surface area contributed by atoms with Gasteiger partial charge in [-0.05, 0) is 30.7 Å². The van der Waals surface area contributed by atoms with Crippen LogP contribution in [0, 0.1) is 12.3 Å². The number of alkyl halides is 1.